The molecule has 5 aliphatic rings. The Morgan fingerprint density at radius 2 is 1.54 bits per heavy atom. The predicted molar refractivity (Wildman–Crippen MR) is 200 cm³/mol. The molecule has 1 aliphatic heterocycles. The highest BCUT2D eigenvalue weighted by atomic mass is 32.2. The quantitative estimate of drug-likeness (QED) is 0.161. The van der Waals surface area contributed by atoms with Crippen molar-refractivity contribution in [3.05, 3.63) is 0 Å². The van der Waals surface area contributed by atoms with Crippen LogP contribution in [0.2, 0.25) is 0 Å². The zero-order valence-corrected chi connectivity index (χ0v) is 33.1. The third kappa shape index (κ3) is 9.88. The second-order valence-electron chi connectivity index (χ2n) is 17.8. The summed E-state index contributed by atoms with van der Waals surface area (Å²) in [6, 6.07) is -3.20. The molecule has 4 aliphatic carbocycles. The van der Waals surface area contributed by atoms with Crippen LogP contribution in [0.3, 0.4) is 0 Å². The van der Waals surface area contributed by atoms with Crippen LogP contribution in [-0.2, 0) is 29.0 Å². The van der Waals surface area contributed by atoms with Crippen LogP contribution >= 0.6 is 0 Å². The largest absolute Gasteiger partial charge is 0.349 e. The lowest BCUT2D eigenvalue weighted by Crippen LogP contribution is -2.63. The first-order chi connectivity index (χ1) is 24.6. The molecule has 1 heterocycles. The maximum atomic E-state index is 14.7. The summed E-state index contributed by atoms with van der Waals surface area (Å²) in [4.78, 5) is 70.5. The van der Waals surface area contributed by atoms with Gasteiger partial charge >= 0.3 is 6.03 Å². The van der Waals surface area contributed by atoms with E-state index in [0.717, 1.165) is 64.2 Å². The van der Waals surface area contributed by atoms with E-state index in [2.05, 4.69) is 35.1 Å². The summed E-state index contributed by atoms with van der Waals surface area (Å²) in [5.74, 6) is -1.74. The average Bonchev–Trinajstić information content (AvgIpc) is 3.95. The Morgan fingerprint density at radius 3 is 2.15 bits per heavy atom. The molecule has 0 aromatic carbocycles. The third-order valence-electron chi connectivity index (χ3n) is 12.8. The number of rotatable bonds is 17. The number of amides is 5. The molecule has 0 aromatic heterocycles. The molecule has 0 bridgehead atoms. The van der Waals surface area contributed by atoms with Crippen LogP contribution < -0.4 is 21.3 Å². The number of urea groups is 1. The lowest BCUT2D eigenvalue weighted by Gasteiger charge is -2.40. The monoisotopic (exact) mass is 747 g/mol. The third-order valence-corrected chi connectivity index (χ3v) is 14.6. The van der Waals surface area contributed by atoms with Crippen molar-refractivity contribution in [2.24, 2.45) is 35.0 Å². The zero-order chi connectivity index (χ0) is 37.8. The molecular weight excluding hydrogens is 683 g/mol. The molecule has 5 rings (SSSR count). The van der Waals surface area contributed by atoms with Gasteiger partial charge in [0.05, 0.1) is 23.1 Å². The molecule has 4 N–H and O–H groups in total. The van der Waals surface area contributed by atoms with Crippen LogP contribution in [0.5, 0.6) is 0 Å². The summed E-state index contributed by atoms with van der Waals surface area (Å²) >= 11 is 0. The molecule has 0 radical (unpaired) electrons. The van der Waals surface area contributed by atoms with E-state index in [1.165, 1.54) is 0 Å². The van der Waals surface area contributed by atoms with Gasteiger partial charge in [-0.1, -0.05) is 86.0 Å². The van der Waals surface area contributed by atoms with Crippen molar-refractivity contribution in [2.75, 3.05) is 24.6 Å². The topological polar surface area (TPSA) is 171 Å². The van der Waals surface area contributed by atoms with Crippen LogP contribution in [-0.4, -0.2) is 91.1 Å². The number of nitrogens with zero attached hydrogens (tertiary/aromatic N) is 1. The SMILES string of the molecule is CCCNC(=O)C(=O)C(CC1CC1)NC(=O)[C@@H]1[C@@H]2C(CN1C(=O)[C@@H](NC(=O)NC1(CS(=O)(=O)CCC(C)C)CCCCC1)C1CCCCC1)C2(C)C. The van der Waals surface area contributed by atoms with Gasteiger partial charge < -0.3 is 26.2 Å². The predicted octanol–water partition coefficient (Wildman–Crippen LogP) is 4.26. The fraction of sp³-hybridized carbons (Fsp3) is 0.872. The molecule has 5 atom stereocenters. The smallest absolute Gasteiger partial charge is 0.315 e. The van der Waals surface area contributed by atoms with Crippen molar-refractivity contribution in [1.29, 1.82) is 0 Å². The van der Waals surface area contributed by atoms with E-state index >= 15 is 0 Å². The Balaban J connectivity index is 1.35. The molecule has 52 heavy (non-hydrogen) atoms. The molecule has 4 saturated carbocycles. The van der Waals surface area contributed by atoms with Gasteiger partial charge in [-0.05, 0) is 80.0 Å². The van der Waals surface area contributed by atoms with E-state index in [0.29, 0.717) is 45.2 Å². The minimum Gasteiger partial charge on any atom is -0.349 e. The van der Waals surface area contributed by atoms with E-state index in [1.54, 1.807) is 4.90 Å². The van der Waals surface area contributed by atoms with Gasteiger partial charge in [0, 0.05) is 13.1 Å². The first-order valence-corrected chi connectivity index (χ1v) is 22.1. The van der Waals surface area contributed by atoms with Gasteiger partial charge in [0.1, 0.15) is 12.1 Å². The van der Waals surface area contributed by atoms with Crippen LogP contribution in [0.25, 0.3) is 0 Å². The van der Waals surface area contributed by atoms with Crippen molar-refractivity contribution in [3.63, 3.8) is 0 Å². The molecule has 1 saturated heterocycles. The molecule has 5 amide bonds. The van der Waals surface area contributed by atoms with Gasteiger partial charge in [0.15, 0.2) is 9.84 Å². The normalized spacial score (nSPS) is 26.5. The number of hydrogen-bond acceptors (Lipinski definition) is 7. The molecule has 5 fully saturated rings. The number of hydrogen-bond donors (Lipinski definition) is 4. The van der Waals surface area contributed by atoms with Crippen molar-refractivity contribution >= 4 is 39.4 Å². The minimum atomic E-state index is -3.43. The summed E-state index contributed by atoms with van der Waals surface area (Å²) in [7, 11) is -3.43. The fourth-order valence-electron chi connectivity index (χ4n) is 9.36. The zero-order valence-electron chi connectivity index (χ0n) is 32.3. The van der Waals surface area contributed by atoms with Gasteiger partial charge in [-0.2, -0.15) is 0 Å². The van der Waals surface area contributed by atoms with Crippen LogP contribution in [0.1, 0.15) is 131 Å². The van der Waals surface area contributed by atoms with Crippen LogP contribution in [0.4, 0.5) is 4.79 Å². The number of Topliss-reactive ketones (excluding diaryl/α,β-unsaturated/α-hetero) is 1. The van der Waals surface area contributed by atoms with Gasteiger partial charge in [-0.25, -0.2) is 13.2 Å². The van der Waals surface area contributed by atoms with Gasteiger partial charge in [-0.15, -0.1) is 0 Å². The summed E-state index contributed by atoms with van der Waals surface area (Å²) in [5.41, 5.74) is -1.07. The van der Waals surface area contributed by atoms with Crippen LogP contribution in [0, 0.1) is 35.0 Å². The lowest BCUT2D eigenvalue weighted by molar-refractivity contribution is -0.145. The van der Waals surface area contributed by atoms with E-state index in [1.807, 2.05) is 20.8 Å². The van der Waals surface area contributed by atoms with E-state index in [-0.39, 0.29) is 52.4 Å². The number of fused-ring (bicyclic) bond motifs is 1. The number of carbonyl (C=O) groups excluding carboxylic acids is 5. The van der Waals surface area contributed by atoms with Crippen molar-refractivity contribution < 1.29 is 32.4 Å². The number of sulfone groups is 1. The highest BCUT2D eigenvalue weighted by Gasteiger charge is 2.70. The summed E-state index contributed by atoms with van der Waals surface area (Å²) in [5, 5.41) is 11.7. The number of ketones is 1. The first-order valence-electron chi connectivity index (χ1n) is 20.3. The standard InChI is InChI=1S/C39H65N5O7S/c1-6-20-40-35(47)33(45)29(22-26-15-16-26)41-34(46)32-30-28(38(30,4)5)23-44(32)36(48)31(27-13-9-7-10-14-27)42-37(49)43-39(18-11-8-12-19-39)24-52(50,51)21-17-25(2)3/h25-32H,6-24H2,1-5H3,(H,40,47)(H,41,46)(H2,42,43,49)/t28?,29?,30-,31-,32-/m0/s1. The number of piperidine rings is 1. The van der Waals surface area contributed by atoms with E-state index in [4.69, 9.17) is 0 Å². The summed E-state index contributed by atoms with van der Waals surface area (Å²) in [6.45, 7) is 10.8. The number of nitrogens with one attached hydrogen (secondary N) is 4. The second kappa shape index (κ2) is 16.8. The number of likely N-dealkylation sites (tertiary alicyclic amines) is 1. The average molecular weight is 748 g/mol. The first kappa shape index (κ1) is 40.5. The Labute approximate surface area is 311 Å². The summed E-state index contributed by atoms with van der Waals surface area (Å²) in [6.07, 6.45) is 11.7. The molecular formula is C39H65N5O7S. The summed E-state index contributed by atoms with van der Waals surface area (Å²) < 4.78 is 26.6. The second-order valence-corrected chi connectivity index (χ2v) is 20.0. The molecule has 0 spiro atoms. The maximum absolute atomic E-state index is 14.7. The Morgan fingerprint density at radius 1 is 0.885 bits per heavy atom. The minimum absolute atomic E-state index is 0.0759. The highest BCUT2D eigenvalue weighted by Crippen LogP contribution is 2.65. The maximum Gasteiger partial charge on any atom is 0.315 e. The van der Waals surface area contributed by atoms with E-state index in [9.17, 15) is 32.4 Å². The number of carbonyl (C=O) groups is 5. The molecule has 12 nitrogen and oxygen atoms in total. The lowest BCUT2D eigenvalue weighted by atomic mass is 9.82. The Hall–Kier alpha value is -2.70. The van der Waals surface area contributed by atoms with Crippen LogP contribution in [0.15, 0.2) is 0 Å². The Bertz CT molecular complexity index is 1430. The molecule has 2 unspecified atom stereocenters. The molecule has 13 heteroatoms. The fourth-order valence-corrected chi connectivity index (χ4v) is 11.5. The van der Waals surface area contributed by atoms with Crippen molar-refractivity contribution in [1.82, 2.24) is 26.2 Å². The Kier molecular flexibility index (Phi) is 13.0. The molecule has 294 valence electrons. The van der Waals surface area contributed by atoms with E-state index < -0.39 is 57.1 Å². The van der Waals surface area contributed by atoms with Gasteiger partial charge in [0.25, 0.3) is 5.91 Å². The van der Waals surface area contributed by atoms with Gasteiger partial charge in [-0.3, -0.25) is 19.2 Å². The van der Waals surface area contributed by atoms with Crippen molar-refractivity contribution in [2.45, 2.75) is 155 Å². The van der Waals surface area contributed by atoms with Crippen molar-refractivity contribution in [3.8, 4) is 0 Å². The van der Waals surface area contributed by atoms with Gasteiger partial charge in [0.2, 0.25) is 17.6 Å². The molecule has 0 aromatic rings. The highest BCUT2D eigenvalue weighted by molar-refractivity contribution is 7.91.